The average Bonchev–Trinajstić information content (AvgIpc) is 3.10. The number of likely N-dealkylation sites (tertiary alicyclic amines) is 1. The van der Waals surface area contributed by atoms with Gasteiger partial charge in [-0.1, -0.05) is 35.9 Å². The number of hydrogen-bond donors (Lipinski definition) is 2. The van der Waals surface area contributed by atoms with Crippen LogP contribution in [0.1, 0.15) is 51.5 Å². The van der Waals surface area contributed by atoms with E-state index in [1.165, 1.54) is 6.92 Å². The highest BCUT2D eigenvalue weighted by Gasteiger charge is 2.39. The number of amides is 2. The molecule has 0 aromatic heterocycles. The van der Waals surface area contributed by atoms with Crippen molar-refractivity contribution in [1.82, 2.24) is 4.90 Å². The van der Waals surface area contributed by atoms with Crippen LogP contribution >= 0.6 is 11.6 Å². The molecule has 1 unspecified atom stereocenters. The van der Waals surface area contributed by atoms with Crippen molar-refractivity contribution in [3.05, 3.63) is 53.1 Å². The summed E-state index contributed by atoms with van der Waals surface area (Å²) in [4.78, 5) is 26.3. The van der Waals surface area contributed by atoms with Gasteiger partial charge in [0.15, 0.2) is 0 Å². The number of halogens is 1. The lowest BCUT2D eigenvalue weighted by molar-refractivity contribution is -0.134. The minimum Gasteiger partial charge on any atom is -0.390 e. The Bertz CT molecular complexity index is 993. The first kappa shape index (κ1) is 22.8. The molecule has 2 fully saturated rings. The normalized spacial score (nSPS) is 25.8. The molecule has 0 bridgehead atoms. The van der Waals surface area contributed by atoms with Crippen LogP contribution in [0.3, 0.4) is 0 Å². The molecule has 2 amide bonds. The van der Waals surface area contributed by atoms with Crippen molar-refractivity contribution < 1.29 is 14.7 Å². The summed E-state index contributed by atoms with van der Waals surface area (Å²) < 4.78 is 0. The summed E-state index contributed by atoms with van der Waals surface area (Å²) in [7, 11) is 0. The molecule has 6 heteroatoms. The van der Waals surface area contributed by atoms with E-state index in [0.29, 0.717) is 11.4 Å². The Balaban J connectivity index is 1.40. The number of hydrogen-bond acceptors (Lipinski definition) is 3. The molecule has 2 aromatic carbocycles. The van der Waals surface area contributed by atoms with Crippen LogP contribution in [-0.2, 0) is 16.0 Å². The minimum absolute atomic E-state index is 0.0299. The molecule has 1 heterocycles. The van der Waals surface area contributed by atoms with Crippen LogP contribution in [-0.4, -0.2) is 40.0 Å². The van der Waals surface area contributed by atoms with Crippen LogP contribution in [0.15, 0.2) is 42.5 Å². The van der Waals surface area contributed by atoms with Gasteiger partial charge in [0.2, 0.25) is 11.8 Å². The molecule has 1 aliphatic carbocycles. The van der Waals surface area contributed by atoms with Gasteiger partial charge < -0.3 is 15.3 Å². The number of rotatable bonds is 5. The van der Waals surface area contributed by atoms with Crippen LogP contribution in [0, 0.1) is 5.92 Å². The molecule has 1 atom stereocenters. The van der Waals surface area contributed by atoms with Crippen LogP contribution in [0.5, 0.6) is 0 Å². The van der Waals surface area contributed by atoms with Crippen LogP contribution in [0.2, 0.25) is 5.02 Å². The number of carbonyl (C=O) groups excluding carboxylic acids is 2. The molecule has 1 aliphatic heterocycles. The summed E-state index contributed by atoms with van der Waals surface area (Å²) in [6.07, 6.45) is 4.77. The molecule has 1 saturated heterocycles. The highest BCUT2D eigenvalue weighted by atomic mass is 35.5. The summed E-state index contributed by atoms with van der Waals surface area (Å²) >= 11 is 6.61. The van der Waals surface area contributed by atoms with E-state index in [2.05, 4.69) is 5.32 Å². The fraction of sp³-hybridized carbons (Fsp3) is 0.462. The molecular formula is C26H31ClN2O3. The quantitative estimate of drug-likeness (QED) is 0.664. The highest BCUT2D eigenvalue weighted by Crippen LogP contribution is 2.35. The second kappa shape index (κ2) is 9.24. The lowest BCUT2D eigenvalue weighted by Crippen LogP contribution is -2.43. The van der Waals surface area contributed by atoms with Gasteiger partial charge in [0.25, 0.3) is 0 Å². The SMILES string of the molecule is CC(=O)Nc1ccc(-c2ccc(CC3CCN(C4CCC(C)(O)CC4)C3=O)c(Cl)c2)cc1. The van der Waals surface area contributed by atoms with Gasteiger partial charge in [0.05, 0.1) is 5.60 Å². The molecule has 2 aromatic rings. The Morgan fingerprint density at radius 2 is 1.78 bits per heavy atom. The summed E-state index contributed by atoms with van der Waals surface area (Å²) in [5, 5.41) is 13.6. The van der Waals surface area contributed by atoms with Crippen molar-refractivity contribution in [2.75, 3.05) is 11.9 Å². The third kappa shape index (κ3) is 5.16. The standard InChI is InChI=1S/C26H31ClN2O3/c1-17(30)28-22-7-5-18(6-8-22)19-3-4-20(24(27)16-19)15-21-11-14-29(25(21)31)23-9-12-26(2,32)13-10-23/h3-8,16,21,23,32H,9-15H2,1-2H3,(H,28,30). The number of carbonyl (C=O) groups is 2. The highest BCUT2D eigenvalue weighted by molar-refractivity contribution is 6.31. The Hall–Kier alpha value is -2.37. The first-order valence-corrected chi connectivity index (χ1v) is 11.8. The number of aliphatic hydroxyl groups is 1. The van der Waals surface area contributed by atoms with Crippen molar-refractivity contribution in [2.24, 2.45) is 5.92 Å². The molecule has 32 heavy (non-hydrogen) atoms. The first-order valence-electron chi connectivity index (χ1n) is 11.4. The van der Waals surface area contributed by atoms with Gasteiger partial charge in [-0.2, -0.15) is 0 Å². The maximum Gasteiger partial charge on any atom is 0.226 e. The summed E-state index contributed by atoms with van der Waals surface area (Å²) in [6, 6.07) is 13.9. The fourth-order valence-corrected chi connectivity index (χ4v) is 5.22. The second-order valence-electron chi connectivity index (χ2n) is 9.51. The third-order valence-electron chi connectivity index (χ3n) is 6.88. The van der Waals surface area contributed by atoms with E-state index in [-0.39, 0.29) is 23.8 Å². The van der Waals surface area contributed by atoms with E-state index in [0.717, 1.165) is 61.0 Å². The Labute approximate surface area is 194 Å². The fourth-order valence-electron chi connectivity index (χ4n) is 4.96. The number of anilines is 1. The van der Waals surface area contributed by atoms with Crippen LogP contribution in [0.4, 0.5) is 5.69 Å². The first-order chi connectivity index (χ1) is 15.2. The summed E-state index contributed by atoms with van der Waals surface area (Å²) in [5.41, 5.74) is 3.19. The van der Waals surface area contributed by atoms with Gasteiger partial charge in [-0.15, -0.1) is 0 Å². The Kier molecular flexibility index (Phi) is 6.59. The smallest absolute Gasteiger partial charge is 0.226 e. The van der Waals surface area contributed by atoms with Crippen LogP contribution in [0.25, 0.3) is 11.1 Å². The van der Waals surface area contributed by atoms with E-state index in [1.807, 2.05) is 54.3 Å². The van der Waals surface area contributed by atoms with Crippen LogP contribution < -0.4 is 5.32 Å². The van der Waals surface area contributed by atoms with Gasteiger partial charge in [-0.25, -0.2) is 0 Å². The zero-order valence-corrected chi connectivity index (χ0v) is 19.5. The average molecular weight is 455 g/mol. The maximum absolute atomic E-state index is 13.1. The third-order valence-corrected chi connectivity index (χ3v) is 7.23. The molecule has 0 radical (unpaired) electrons. The van der Waals surface area contributed by atoms with Crippen molar-refractivity contribution >= 4 is 29.1 Å². The maximum atomic E-state index is 13.1. The molecule has 0 spiro atoms. The van der Waals surface area contributed by atoms with E-state index in [9.17, 15) is 14.7 Å². The Morgan fingerprint density at radius 3 is 2.41 bits per heavy atom. The van der Waals surface area contributed by atoms with Gasteiger partial charge in [-0.3, -0.25) is 9.59 Å². The van der Waals surface area contributed by atoms with Crippen molar-refractivity contribution in [2.45, 2.75) is 64.0 Å². The van der Waals surface area contributed by atoms with Gasteiger partial charge in [0.1, 0.15) is 0 Å². The summed E-state index contributed by atoms with van der Waals surface area (Å²) in [6.45, 7) is 4.17. The van der Waals surface area contributed by atoms with Gasteiger partial charge in [0, 0.05) is 36.1 Å². The Morgan fingerprint density at radius 1 is 1.12 bits per heavy atom. The van der Waals surface area contributed by atoms with Crippen molar-refractivity contribution in [3.8, 4) is 11.1 Å². The van der Waals surface area contributed by atoms with Crippen molar-refractivity contribution in [1.29, 1.82) is 0 Å². The predicted octanol–water partition coefficient (Wildman–Crippen LogP) is 5.05. The monoisotopic (exact) mass is 454 g/mol. The molecule has 5 nitrogen and oxygen atoms in total. The zero-order valence-electron chi connectivity index (χ0n) is 18.7. The van der Waals surface area contributed by atoms with E-state index in [1.54, 1.807) is 0 Å². The number of nitrogens with one attached hydrogen (secondary N) is 1. The predicted molar refractivity (Wildman–Crippen MR) is 128 cm³/mol. The molecule has 4 rings (SSSR count). The largest absolute Gasteiger partial charge is 0.390 e. The molecule has 1 saturated carbocycles. The molecule has 2 N–H and O–H groups in total. The van der Waals surface area contributed by atoms with E-state index >= 15 is 0 Å². The van der Waals surface area contributed by atoms with E-state index in [4.69, 9.17) is 11.6 Å². The molecular weight excluding hydrogens is 424 g/mol. The number of nitrogens with zero attached hydrogens (tertiary/aromatic N) is 1. The second-order valence-corrected chi connectivity index (χ2v) is 9.92. The zero-order chi connectivity index (χ0) is 22.9. The molecule has 2 aliphatic rings. The van der Waals surface area contributed by atoms with Crippen molar-refractivity contribution in [3.63, 3.8) is 0 Å². The lowest BCUT2D eigenvalue weighted by atomic mass is 9.83. The minimum atomic E-state index is -0.585. The number of benzene rings is 2. The summed E-state index contributed by atoms with van der Waals surface area (Å²) in [5.74, 6) is 0.100. The topological polar surface area (TPSA) is 69.6 Å². The molecule has 170 valence electrons. The lowest BCUT2D eigenvalue weighted by Gasteiger charge is -2.37. The van der Waals surface area contributed by atoms with Gasteiger partial charge >= 0.3 is 0 Å². The van der Waals surface area contributed by atoms with Gasteiger partial charge in [-0.05, 0) is 80.3 Å². The van der Waals surface area contributed by atoms with E-state index < -0.39 is 5.60 Å².